The van der Waals surface area contributed by atoms with Gasteiger partial charge in [-0.15, -0.1) is 0 Å². The number of hydrogen-bond acceptors (Lipinski definition) is 1. The predicted octanol–water partition coefficient (Wildman–Crippen LogP) is 15.2. The molecule has 0 aromatic heterocycles. The summed E-state index contributed by atoms with van der Waals surface area (Å²) in [6.45, 7) is 6.83. The molecule has 0 saturated heterocycles. The maximum atomic E-state index is 2.41. The van der Waals surface area contributed by atoms with Crippen LogP contribution in [0.1, 0.15) is 52.8 Å². The van der Waals surface area contributed by atoms with Crippen LogP contribution in [0, 0.1) is 6.92 Å². The van der Waals surface area contributed by atoms with Gasteiger partial charge in [0.15, 0.2) is 0 Å². The summed E-state index contributed by atoms with van der Waals surface area (Å²) >= 11 is 0. The summed E-state index contributed by atoms with van der Waals surface area (Å²) in [5.74, 6) is 0. The zero-order valence-corrected chi connectivity index (χ0v) is 33.4. The molecule has 1 aliphatic carbocycles. The molecule has 1 nitrogen and oxygen atoms in total. The van der Waals surface area contributed by atoms with E-state index in [-0.39, 0.29) is 5.41 Å². The Morgan fingerprint density at radius 1 is 0.500 bits per heavy atom. The first-order chi connectivity index (χ1) is 28.5. The first-order valence-corrected chi connectivity index (χ1v) is 20.3. The van der Waals surface area contributed by atoms with E-state index in [0.29, 0.717) is 0 Å². The zero-order valence-electron chi connectivity index (χ0n) is 33.4. The Morgan fingerprint density at radius 3 is 1.62 bits per heavy atom. The third kappa shape index (κ3) is 6.90. The maximum Gasteiger partial charge on any atom is 0.0496 e. The second-order valence-corrected chi connectivity index (χ2v) is 15.5. The summed E-state index contributed by atoms with van der Waals surface area (Å²) in [5.41, 5.74) is 19.6. The molecule has 0 fully saturated rings. The molecule has 1 aliphatic rings. The number of hydrogen-bond donors (Lipinski definition) is 0. The van der Waals surface area contributed by atoms with E-state index >= 15 is 0 Å². The molecule has 0 unspecified atom stereocenters. The Balaban J connectivity index is 1.13. The van der Waals surface area contributed by atoms with Crippen molar-refractivity contribution >= 4 is 28.2 Å². The van der Waals surface area contributed by atoms with Gasteiger partial charge >= 0.3 is 0 Å². The first-order valence-electron chi connectivity index (χ1n) is 20.3. The Hall–Kier alpha value is -6.96. The van der Waals surface area contributed by atoms with Crippen molar-refractivity contribution in [2.75, 3.05) is 4.90 Å². The molecule has 58 heavy (non-hydrogen) atoms. The Bertz CT molecular complexity index is 2710. The molecule has 8 aromatic carbocycles. The van der Waals surface area contributed by atoms with Crippen molar-refractivity contribution in [2.24, 2.45) is 0 Å². The van der Waals surface area contributed by atoms with Crippen LogP contribution in [0.5, 0.6) is 0 Å². The van der Waals surface area contributed by atoms with Crippen molar-refractivity contribution in [3.05, 3.63) is 257 Å². The van der Waals surface area contributed by atoms with Crippen LogP contribution < -0.4 is 4.90 Å². The summed E-state index contributed by atoms with van der Waals surface area (Å²) in [6, 6.07) is 75.1. The lowest BCUT2D eigenvalue weighted by Crippen LogP contribution is -2.23. The summed E-state index contributed by atoms with van der Waals surface area (Å²) in [5, 5.41) is 0. The molecule has 1 heteroatoms. The van der Waals surface area contributed by atoms with Gasteiger partial charge in [-0.2, -0.15) is 0 Å². The summed E-state index contributed by atoms with van der Waals surface area (Å²) < 4.78 is 0. The van der Waals surface area contributed by atoms with E-state index in [9.17, 15) is 0 Å². The topological polar surface area (TPSA) is 3.24 Å². The molecule has 0 saturated carbocycles. The van der Waals surface area contributed by atoms with E-state index in [2.05, 4.69) is 244 Å². The number of anilines is 3. The largest absolute Gasteiger partial charge is 0.310 e. The van der Waals surface area contributed by atoms with Crippen molar-refractivity contribution in [1.82, 2.24) is 0 Å². The molecule has 0 bridgehead atoms. The molecule has 0 amide bonds. The molecular weight excluding hydrogens is 699 g/mol. The summed E-state index contributed by atoms with van der Waals surface area (Å²) in [6.07, 6.45) is 5.55. The summed E-state index contributed by atoms with van der Waals surface area (Å²) in [7, 11) is 0. The van der Waals surface area contributed by atoms with Gasteiger partial charge in [-0.3, -0.25) is 0 Å². The van der Waals surface area contributed by atoms with E-state index < -0.39 is 0 Å². The van der Waals surface area contributed by atoms with Gasteiger partial charge in [-0.25, -0.2) is 0 Å². The molecule has 9 rings (SSSR count). The number of fused-ring (bicyclic) bond motifs is 3. The molecule has 280 valence electrons. The average molecular weight is 746 g/mol. The standard InChI is InChI=1S/C57H47N/c1-41-31-33-47(50-25-13-16-28-53(50)57(3)54-29-17-14-26-51(54)52-27-15-18-30-55(52)57)40-56(41)58(48-23-11-6-12-24-48)49-37-35-45(36-38-49)46(34-32-43-19-7-4-8-20-43)39-42(2)44-21-9-5-10-22-44/h4-31,33-40H,32H2,1-3H3/b42-39+,46-34+. The third-order valence-corrected chi connectivity index (χ3v) is 11.9. The van der Waals surface area contributed by atoms with Gasteiger partial charge in [0.25, 0.3) is 0 Å². The molecule has 0 N–H and O–H groups in total. The van der Waals surface area contributed by atoms with Crippen LogP contribution >= 0.6 is 0 Å². The number of allylic oxidation sites excluding steroid dienone is 4. The Morgan fingerprint density at radius 2 is 1.00 bits per heavy atom. The van der Waals surface area contributed by atoms with Crippen LogP contribution in [0.2, 0.25) is 0 Å². The van der Waals surface area contributed by atoms with Crippen LogP contribution in [0.4, 0.5) is 17.1 Å². The van der Waals surface area contributed by atoms with E-state index in [4.69, 9.17) is 0 Å². The minimum Gasteiger partial charge on any atom is -0.310 e. The normalized spacial score (nSPS) is 13.2. The smallest absolute Gasteiger partial charge is 0.0496 e. The average Bonchev–Trinajstić information content (AvgIpc) is 3.55. The van der Waals surface area contributed by atoms with Crippen molar-refractivity contribution in [3.63, 3.8) is 0 Å². The highest BCUT2D eigenvalue weighted by molar-refractivity contribution is 5.89. The molecule has 8 aromatic rings. The van der Waals surface area contributed by atoms with Crippen molar-refractivity contribution in [1.29, 1.82) is 0 Å². The number of rotatable bonds is 10. The predicted molar refractivity (Wildman–Crippen MR) is 247 cm³/mol. The number of aryl methyl sites for hydroxylation is 1. The molecule has 0 heterocycles. The second-order valence-electron chi connectivity index (χ2n) is 15.5. The van der Waals surface area contributed by atoms with Crippen LogP contribution in [0.25, 0.3) is 33.4 Å². The lowest BCUT2D eigenvalue weighted by Gasteiger charge is -2.31. The minimum atomic E-state index is -0.303. The monoisotopic (exact) mass is 745 g/mol. The van der Waals surface area contributed by atoms with E-state index in [1.54, 1.807) is 0 Å². The molecule has 0 atom stereocenters. The SMILES string of the molecule is C/C(=C\C(=C/Cc1ccccc1)c1ccc(N(c2ccccc2)c2cc(-c3ccccc3C3(C)c4ccccc4-c4ccccc43)ccc2C)cc1)c1ccccc1. The number of benzene rings is 8. The molecule has 0 radical (unpaired) electrons. The number of nitrogens with zero attached hydrogens (tertiary/aromatic N) is 1. The molecular formula is C57H47N. The van der Waals surface area contributed by atoms with E-state index in [0.717, 1.165) is 23.5 Å². The van der Waals surface area contributed by atoms with Gasteiger partial charge in [0.2, 0.25) is 0 Å². The highest BCUT2D eigenvalue weighted by Gasteiger charge is 2.41. The van der Waals surface area contributed by atoms with Gasteiger partial charge in [0.1, 0.15) is 0 Å². The maximum absolute atomic E-state index is 2.41. The van der Waals surface area contributed by atoms with E-state index in [1.807, 2.05) is 0 Å². The fraction of sp³-hybridized carbons (Fsp3) is 0.0877. The van der Waals surface area contributed by atoms with Crippen LogP contribution in [0.3, 0.4) is 0 Å². The fourth-order valence-electron chi connectivity index (χ4n) is 8.86. The minimum absolute atomic E-state index is 0.303. The van der Waals surface area contributed by atoms with Crippen molar-refractivity contribution < 1.29 is 0 Å². The van der Waals surface area contributed by atoms with Gasteiger partial charge in [-0.1, -0.05) is 188 Å². The summed E-state index contributed by atoms with van der Waals surface area (Å²) in [4.78, 5) is 2.41. The van der Waals surface area contributed by atoms with Gasteiger partial charge in [0, 0.05) is 22.5 Å². The lowest BCUT2D eigenvalue weighted by molar-refractivity contribution is 0.716. The Kier molecular flexibility index (Phi) is 10.0. The Labute approximate surface area is 343 Å². The first kappa shape index (κ1) is 36.7. The van der Waals surface area contributed by atoms with Gasteiger partial charge in [-0.05, 0) is 130 Å². The van der Waals surface area contributed by atoms with E-state index in [1.165, 1.54) is 72.3 Å². The van der Waals surface area contributed by atoms with Crippen LogP contribution in [0.15, 0.2) is 218 Å². The van der Waals surface area contributed by atoms with Crippen LogP contribution in [-0.4, -0.2) is 0 Å². The molecule has 0 aliphatic heterocycles. The van der Waals surface area contributed by atoms with Gasteiger partial charge in [0.05, 0.1) is 0 Å². The van der Waals surface area contributed by atoms with Crippen molar-refractivity contribution in [2.45, 2.75) is 32.6 Å². The highest BCUT2D eigenvalue weighted by atomic mass is 15.1. The van der Waals surface area contributed by atoms with Crippen LogP contribution in [-0.2, 0) is 11.8 Å². The second kappa shape index (κ2) is 15.9. The number of para-hydroxylation sites is 1. The van der Waals surface area contributed by atoms with Crippen molar-refractivity contribution in [3.8, 4) is 22.3 Å². The molecule has 0 spiro atoms. The fourth-order valence-corrected chi connectivity index (χ4v) is 8.86. The third-order valence-electron chi connectivity index (χ3n) is 11.9. The van der Waals surface area contributed by atoms with Gasteiger partial charge < -0.3 is 4.90 Å². The lowest BCUT2D eigenvalue weighted by atomic mass is 9.71. The zero-order chi connectivity index (χ0) is 39.5. The quantitative estimate of drug-likeness (QED) is 0.126. The highest BCUT2D eigenvalue weighted by Crippen LogP contribution is 2.54.